The molecule has 1 atom stereocenters. The van der Waals surface area contributed by atoms with Crippen molar-refractivity contribution in [2.45, 2.75) is 26.2 Å². The van der Waals surface area contributed by atoms with Crippen LogP contribution >= 0.6 is 0 Å². The van der Waals surface area contributed by atoms with E-state index in [0.717, 1.165) is 11.4 Å². The third-order valence-corrected chi connectivity index (χ3v) is 3.99. The van der Waals surface area contributed by atoms with Crippen LogP contribution < -0.4 is 14.8 Å². The molecule has 0 aliphatic carbocycles. The molecule has 1 amide bonds. The van der Waals surface area contributed by atoms with Crippen molar-refractivity contribution in [2.24, 2.45) is 0 Å². The number of nitrogens with zero attached hydrogens (tertiary/aromatic N) is 3. The smallest absolute Gasteiger partial charge is 0.251 e. The van der Waals surface area contributed by atoms with Crippen molar-refractivity contribution in [1.82, 2.24) is 20.3 Å². The maximum absolute atomic E-state index is 12.2. The van der Waals surface area contributed by atoms with Crippen LogP contribution in [-0.2, 0) is 17.9 Å². The van der Waals surface area contributed by atoms with Crippen molar-refractivity contribution >= 4 is 5.91 Å². The van der Waals surface area contributed by atoms with Gasteiger partial charge in [-0.3, -0.25) is 4.79 Å². The standard InChI is InChI=1S/C15H16N4O4/c1-9-12-7-21-11(6-19(12)18-17-9)5-16-15(20)10-2-3-13-14(4-10)23-8-22-13/h2-4,11H,5-8H2,1H3,(H,16,20)/t11-/m1/s1. The Hall–Kier alpha value is -2.61. The summed E-state index contributed by atoms with van der Waals surface area (Å²) >= 11 is 0. The highest BCUT2D eigenvalue weighted by atomic mass is 16.7. The summed E-state index contributed by atoms with van der Waals surface area (Å²) in [5.74, 6) is 1.08. The topological polar surface area (TPSA) is 87.5 Å². The van der Waals surface area contributed by atoms with Crippen molar-refractivity contribution in [3.05, 3.63) is 35.2 Å². The number of fused-ring (bicyclic) bond motifs is 2. The maximum Gasteiger partial charge on any atom is 0.251 e. The molecule has 3 heterocycles. The van der Waals surface area contributed by atoms with Gasteiger partial charge in [0.05, 0.1) is 30.6 Å². The van der Waals surface area contributed by atoms with Crippen LogP contribution in [0.1, 0.15) is 21.7 Å². The van der Waals surface area contributed by atoms with Crippen molar-refractivity contribution < 1.29 is 19.0 Å². The molecule has 2 aromatic rings. The summed E-state index contributed by atoms with van der Waals surface area (Å²) in [6, 6.07) is 5.13. The number of amides is 1. The molecule has 8 nitrogen and oxygen atoms in total. The summed E-state index contributed by atoms with van der Waals surface area (Å²) in [7, 11) is 0. The molecule has 0 unspecified atom stereocenters. The highest BCUT2D eigenvalue weighted by Gasteiger charge is 2.23. The summed E-state index contributed by atoms with van der Waals surface area (Å²) in [4.78, 5) is 12.2. The molecule has 0 radical (unpaired) electrons. The van der Waals surface area contributed by atoms with Crippen LogP contribution in [0.3, 0.4) is 0 Å². The molecule has 1 aromatic heterocycles. The van der Waals surface area contributed by atoms with Gasteiger partial charge in [0.15, 0.2) is 11.5 Å². The van der Waals surface area contributed by atoms with E-state index in [2.05, 4.69) is 15.6 Å². The highest BCUT2D eigenvalue weighted by Crippen LogP contribution is 2.32. The van der Waals surface area contributed by atoms with Crippen LogP contribution in [0, 0.1) is 6.92 Å². The minimum Gasteiger partial charge on any atom is -0.454 e. The minimum absolute atomic E-state index is 0.124. The van der Waals surface area contributed by atoms with Crippen LogP contribution in [0.4, 0.5) is 0 Å². The van der Waals surface area contributed by atoms with Crippen LogP contribution in [0.2, 0.25) is 0 Å². The lowest BCUT2D eigenvalue weighted by atomic mass is 10.2. The van der Waals surface area contributed by atoms with Gasteiger partial charge in [-0.1, -0.05) is 5.21 Å². The van der Waals surface area contributed by atoms with E-state index in [4.69, 9.17) is 14.2 Å². The van der Waals surface area contributed by atoms with E-state index in [1.54, 1.807) is 18.2 Å². The second-order valence-electron chi connectivity index (χ2n) is 5.51. The fourth-order valence-corrected chi connectivity index (χ4v) is 2.66. The zero-order valence-electron chi connectivity index (χ0n) is 12.6. The van der Waals surface area contributed by atoms with Gasteiger partial charge in [0, 0.05) is 12.1 Å². The van der Waals surface area contributed by atoms with Gasteiger partial charge in [-0.15, -0.1) is 5.10 Å². The number of carbonyl (C=O) groups excluding carboxylic acids is 1. The lowest BCUT2D eigenvalue weighted by molar-refractivity contribution is 0.00122. The van der Waals surface area contributed by atoms with Crippen LogP contribution in [-0.4, -0.2) is 40.3 Å². The first-order chi connectivity index (χ1) is 11.2. The summed E-state index contributed by atoms with van der Waals surface area (Å²) in [5, 5.41) is 11.0. The van der Waals surface area contributed by atoms with Crippen LogP contribution in [0.5, 0.6) is 11.5 Å². The lowest BCUT2D eigenvalue weighted by Gasteiger charge is -2.24. The first kappa shape index (κ1) is 14.0. The van der Waals surface area contributed by atoms with Crippen molar-refractivity contribution in [3.8, 4) is 11.5 Å². The van der Waals surface area contributed by atoms with Gasteiger partial charge < -0.3 is 19.5 Å². The predicted molar refractivity (Wildman–Crippen MR) is 78.2 cm³/mol. The molecular weight excluding hydrogens is 300 g/mol. The Bertz CT molecular complexity index is 758. The molecule has 2 aliphatic heterocycles. The number of nitrogens with one attached hydrogen (secondary N) is 1. The fraction of sp³-hybridized carbons (Fsp3) is 0.400. The van der Waals surface area contributed by atoms with Crippen LogP contribution in [0.15, 0.2) is 18.2 Å². The molecule has 2 aliphatic rings. The zero-order chi connectivity index (χ0) is 15.8. The van der Waals surface area contributed by atoms with Crippen LogP contribution in [0.25, 0.3) is 0 Å². The second kappa shape index (κ2) is 5.54. The molecule has 8 heteroatoms. The highest BCUT2D eigenvalue weighted by molar-refractivity contribution is 5.94. The Kier molecular flexibility index (Phi) is 3.38. The third-order valence-electron chi connectivity index (χ3n) is 3.99. The molecule has 120 valence electrons. The van der Waals surface area contributed by atoms with E-state index >= 15 is 0 Å². The molecule has 1 N–H and O–H groups in total. The Balaban J connectivity index is 1.37. The summed E-state index contributed by atoms with van der Waals surface area (Å²) < 4.78 is 18.1. The first-order valence-electron chi connectivity index (χ1n) is 7.39. The fourth-order valence-electron chi connectivity index (χ4n) is 2.66. The number of rotatable bonds is 3. The SMILES string of the molecule is Cc1nnn2c1CO[C@H](CNC(=O)c1ccc3c(c1)OCO3)C2. The Labute approximate surface area is 132 Å². The molecule has 0 saturated carbocycles. The van der Waals surface area contributed by atoms with Gasteiger partial charge in [-0.05, 0) is 25.1 Å². The lowest BCUT2D eigenvalue weighted by Crippen LogP contribution is -2.39. The number of aromatic nitrogens is 3. The second-order valence-corrected chi connectivity index (χ2v) is 5.51. The normalized spacial score (nSPS) is 18.6. The zero-order valence-corrected chi connectivity index (χ0v) is 12.6. The van der Waals surface area contributed by atoms with E-state index in [9.17, 15) is 4.79 Å². The van der Waals surface area contributed by atoms with E-state index in [1.165, 1.54) is 0 Å². The first-order valence-corrected chi connectivity index (χ1v) is 7.39. The minimum atomic E-state index is -0.174. The Morgan fingerprint density at radius 1 is 1.39 bits per heavy atom. The Morgan fingerprint density at radius 3 is 3.17 bits per heavy atom. The van der Waals surface area contributed by atoms with Gasteiger partial charge in [0.25, 0.3) is 5.91 Å². The average Bonchev–Trinajstić information content (AvgIpc) is 3.18. The molecule has 0 saturated heterocycles. The van der Waals surface area contributed by atoms with Gasteiger partial charge in [-0.25, -0.2) is 4.68 Å². The van der Waals surface area contributed by atoms with E-state index in [-0.39, 0.29) is 18.8 Å². The predicted octanol–water partition coefficient (Wildman–Crippen LogP) is 0.644. The molecular formula is C15H16N4O4. The van der Waals surface area contributed by atoms with Crippen molar-refractivity contribution in [1.29, 1.82) is 0 Å². The summed E-state index contributed by atoms with van der Waals surface area (Å²) in [6.07, 6.45) is -0.124. The number of hydrogen-bond donors (Lipinski definition) is 1. The molecule has 0 fully saturated rings. The van der Waals surface area contributed by atoms with Crippen molar-refractivity contribution in [3.63, 3.8) is 0 Å². The molecule has 0 bridgehead atoms. The van der Waals surface area contributed by atoms with Gasteiger partial charge in [0.1, 0.15) is 0 Å². The maximum atomic E-state index is 12.2. The largest absolute Gasteiger partial charge is 0.454 e. The summed E-state index contributed by atoms with van der Waals surface area (Å²) in [6.45, 7) is 3.55. The van der Waals surface area contributed by atoms with Crippen molar-refractivity contribution in [2.75, 3.05) is 13.3 Å². The van der Waals surface area contributed by atoms with Gasteiger partial charge in [0.2, 0.25) is 6.79 Å². The number of hydrogen-bond acceptors (Lipinski definition) is 6. The van der Waals surface area contributed by atoms with Gasteiger partial charge >= 0.3 is 0 Å². The van der Waals surface area contributed by atoms with Gasteiger partial charge in [-0.2, -0.15) is 0 Å². The Morgan fingerprint density at radius 2 is 2.26 bits per heavy atom. The summed E-state index contributed by atoms with van der Waals surface area (Å²) in [5.41, 5.74) is 2.40. The number of aryl methyl sites for hydroxylation is 1. The number of benzene rings is 1. The van der Waals surface area contributed by atoms with E-state index in [0.29, 0.717) is 36.8 Å². The monoisotopic (exact) mass is 316 g/mol. The van der Waals surface area contributed by atoms with E-state index in [1.807, 2.05) is 11.6 Å². The average molecular weight is 316 g/mol. The molecule has 0 spiro atoms. The molecule has 23 heavy (non-hydrogen) atoms. The third kappa shape index (κ3) is 2.61. The quantitative estimate of drug-likeness (QED) is 0.894. The molecule has 4 rings (SSSR count). The van der Waals surface area contributed by atoms with E-state index < -0.39 is 0 Å². The molecule has 1 aromatic carbocycles. The number of carbonyl (C=O) groups is 1. The number of ether oxygens (including phenoxy) is 3.